The Morgan fingerprint density at radius 1 is 0.889 bits per heavy atom. The van der Waals surface area contributed by atoms with E-state index in [9.17, 15) is 0 Å². The summed E-state index contributed by atoms with van der Waals surface area (Å²) in [6.45, 7) is 3.95. The van der Waals surface area contributed by atoms with E-state index in [0.29, 0.717) is 0 Å². The lowest BCUT2D eigenvalue weighted by molar-refractivity contribution is 1.19. The van der Waals surface area contributed by atoms with Crippen LogP contribution in [0.2, 0.25) is 0 Å². The Morgan fingerprint density at radius 3 is 2.22 bits per heavy atom. The lowest BCUT2D eigenvalue weighted by Crippen LogP contribution is -1.88. The van der Waals surface area contributed by atoms with Gasteiger partial charge in [0.1, 0.15) is 0 Å². The van der Waals surface area contributed by atoms with E-state index in [1.165, 1.54) is 0 Å². The van der Waals surface area contributed by atoms with Gasteiger partial charge in [0, 0.05) is 6.20 Å². The van der Waals surface area contributed by atoms with Crippen LogP contribution in [0, 0.1) is 0 Å². The second-order valence-electron chi connectivity index (χ2n) is 1.55. The zero-order valence-electron chi connectivity index (χ0n) is 5.96. The van der Waals surface area contributed by atoms with Gasteiger partial charge in [0.2, 0.25) is 0 Å². The Balaban J connectivity index is 3.25. The molecular formula is C8H13N. The number of hydrogen-bond acceptors (Lipinski definition) is 1. The van der Waals surface area contributed by atoms with Crippen molar-refractivity contribution in [2.45, 2.75) is 13.8 Å². The van der Waals surface area contributed by atoms with Gasteiger partial charge in [0.25, 0.3) is 0 Å². The van der Waals surface area contributed by atoms with Crippen molar-refractivity contribution in [1.82, 2.24) is 5.32 Å². The highest BCUT2D eigenvalue weighted by Crippen LogP contribution is 1.72. The Bertz CT molecular complexity index is 121. The van der Waals surface area contributed by atoms with Crippen molar-refractivity contribution in [2.75, 3.05) is 0 Å². The first-order valence-corrected chi connectivity index (χ1v) is 3.07. The molecule has 0 radical (unpaired) electrons. The predicted molar refractivity (Wildman–Crippen MR) is 41.9 cm³/mol. The Morgan fingerprint density at radius 2 is 1.67 bits per heavy atom. The summed E-state index contributed by atoms with van der Waals surface area (Å²) in [5, 5.41) is 2.96. The van der Waals surface area contributed by atoms with E-state index in [0.717, 1.165) is 0 Å². The molecule has 0 spiro atoms. The summed E-state index contributed by atoms with van der Waals surface area (Å²) >= 11 is 0. The van der Waals surface area contributed by atoms with Crippen LogP contribution in [0.3, 0.4) is 0 Å². The smallest absolute Gasteiger partial charge is 0.000418 e. The quantitative estimate of drug-likeness (QED) is 0.567. The van der Waals surface area contributed by atoms with Crippen LogP contribution in [-0.4, -0.2) is 0 Å². The number of hydrogen-bond donors (Lipinski definition) is 1. The molecule has 0 aliphatic rings. The Labute approximate surface area is 56.8 Å². The maximum atomic E-state index is 2.96. The largest absolute Gasteiger partial charge is 0.368 e. The van der Waals surface area contributed by atoms with Crippen molar-refractivity contribution in [1.29, 1.82) is 0 Å². The third-order valence-corrected chi connectivity index (χ3v) is 0.759. The minimum Gasteiger partial charge on any atom is -0.368 e. The molecule has 0 aromatic heterocycles. The first kappa shape index (κ1) is 8.02. The molecule has 0 unspecified atom stereocenters. The molecule has 0 aromatic rings. The lowest BCUT2D eigenvalue weighted by Gasteiger charge is -1.83. The minimum absolute atomic E-state index is 1.88. The molecule has 1 nitrogen and oxygen atoms in total. The molecule has 50 valence electrons. The molecule has 0 heterocycles. The van der Waals surface area contributed by atoms with E-state index in [1.54, 1.807) is 0 Å². The zero-order valence-corrected chi connectivity index (χ0v) is 5.96. The number of allylic oxidation sites excluding steroid dienone is 4. The van der Waals surface area contributed by atoms with Gasteiger partial charge in [-0.25, -0.2) is 0 Å². The van der Waals surface area contributed by atoms with Gasteiger partial charge in [0.05, 0.1) is 0 Å². The molecule has 0 atom stereocenters. The fourth-order valence-electron chi connectivity index (χ4n) is 0.374. The SMILES string of the molecule is C/C=C/C=C\N/C=C/C. The monoisotopic (exact) mass is 123 g/mol. The third kappa shape index (κ3) is 7.02. The molecule has 0 aromatic carbocycles. The molecule has 0 fully saturated rings. The van der Waals surface area contributed by atoms with Crippen molar-refractivity contribution >= 4 is 0 Å². The van der Waals surface area contributed by atoms with Gasteiger partial charge in [-0.1, -0.05) is 18.2 Å². The first-order chi connectivity index (χ1) is 4.41. The van der Waals surface area contributed by atoms with Gasteiger partial charge in [0.15, 0.2) is 0 Å². The molecule has 0 saturated heterocycles. The molecule has 0 aliphatic heterocycles. The second-order valence-corrected chi connectivity index (χ2v) is 1.55. The van der Waals surface area contributed by atoms with E-state index >= 15 is 0 Å². The summed E-state index contributed by atoms with van der Waals surface area (Å²) < 4.78 is 0. The molecule has 9 heavy (non-hydrogen) atoms. The van der Waals surface area contributed by atoms with Gasteiger partial charge < -0.3 is 5.32 Å². The molecule has 0 rings (SSSR count). The van der Waals surface area contributed by atoms with E-state index in [1.807, 2.05) is 50.6 Å². The Kier molecular flexibility index (Phi) is 6.26. The van der Waals surface area contributed by atoms with Crippen LogP contribution >= 0.6 is 0 Å². The minimum atomic E-state index is 1.88. The average Bonchev–Trinajstić information content (AvgIpc) is 1.89. The van der Waals surface area contributed by atoms with Gasteiger partial charge in [-0.15, -0.1) is 0 Å². The van der Waals surface area contributed by atoms with Crippen LogP contribution in [0.25, 0.3) is 0 Å². The van der Waals surface area contributed by atoms with E-state index in [2.05, 4.69) is 5.32 Å². The predicted octanol–water partition coefficient (Wildman–Crippen LogP) is 2.20. The van der Waals surface area contributed by atoms with Crippen molar-refractivity contribution in [3.05, 3.63) is 36.7 Å². The van der Waals surface area contributed by atoms with Crippen molar-refractivity contribution < 1.29 is 0 Å². The van der Waals surface area contributed by atoms with Crippen LogP contribution in [0.4, 0.5) is 0 Å². The van der Waals surface area contributed by atoms with Gasteiger partial charge in [-0.3, -0.25) is 0 Å². The molecule has 0 aliphatic carbocycles. The standard InChI is InChI=1S/C8H13N/c1-3-5-6-8-9-7-4-2/h3-9H,1-2H3/b5-3+,7-4+,8-6-. The van der Waals surface area contributed by atoms with Gasteiger partial charge in [-0.05, 0) is 26.1 Å². The number of rotatable bonds is 3. The van der Waals surface area contributed by atoms with Crippen molar-refractivity contribution in [3.8, 4) is 0 Å². The molecule has 1 N–H and O–H groups in total. The second kappa shape index (κ2) is 7.02. The van der Waals surface area contributed by atoms with Gasteiger partial charge in [-0.2, -0.15) is 0 Å². The van der Waals surface area contributed by atoms with Gasteiger partial charge >= 0.3 is 0 Å². The fraction of sp³-hybridized carbons (Fsp3) is 0.250. The zero-order chi connectivity index (χ0) is 6.95. The van der Waals surface area contributed by atoms with Crippen LogP contribution in [0.5, 0.6) is 0 Å². The lowest BCUT2D eigenvalue weighted by atomic mass is 10.5. The first-order valence-electron chi connectivity index (χ1n) is 3.07. The summed E-state index contributed by atoms with van der Waals surface area (Å²) in [6, 6.07) is 0. The van der Waals surface area contributed by atoms with E-state index in [4.69, 9.17) is 0 Å². The van der Waals surface area contributed by atoms with Crippen LogP contribution < -0.4 is 5.32 Å². The molecule has 0 saturated carbocycles. The summed E-state index contributed by atoms with van der Waals surface area (Å²) in [5.74, 6) is 0. The van der Waals surface area contributed by atoms with E-state index < -0.39 is 0 Å². The normalized spacial score (nSPS) is 12.2. The maximum Gasteiger partial charge on any atom is 0.000418 e. The molecule has 0 amide bonds. The van der Waals surface area contributed by atoms with Crippen molar-refractivity contribution in [3.63, 3.8) is 0 Å². The maximum absolute atomic E-state index is 2.96. The van der Waals surface area contributed by atoms with Crippen LogP contribution in [0.15, 0.2) is 36.7 Å². The highest BCUT2D eigenvalue weighted by Gasteiger charge is 1.59. The van der Waals surface area contributed by atoms with Crippen LogP contribution in [0.1, 0.15) is 13.8 Å². The molecule has 0 bridgehead atoms. The number of nitrogens with one attached hydrogen (secondary N) is 1. The Hall–Kier alpha value is -0.980. The highest BCUT2D eigenvalue weighted by molar-refractivity contribution is 5.01. The highest BCUT2D eigenvalue weighted by atomic mass is 14.8. The summed E-state index contributed by atoms with van der Waals surface area (Å²) in [7, 11) is 0. The third-order valence-electron chi connectivity index (χ3n) is 0.759. The average molecular weight is 123 g/mol. The van der Waals surface area contributed by atoms with Crippen molar-refractivity contribution in [2.24, 2.45) is 0 Å². The molecular weight excluding hydrogens is 110 g/mol. The summed E-state index contributed by atoms with van der Waals surface area (Å²) in [6.07, 6.45) is 11.6. The summed E-state index contributed by atoms with van der Waals surface area (Å²) in [5.41, 5.74) is 0. The van der Waals surface area contributed by atoms with E-state index in [-0.39, 0.29) is 0 Å². The summed E-state index contributed by atoms with van der Waals surface area (Å²) in [4.78, 5) is 0. The molecule has 1 heteroatoms. The fourth-order valence-corrected chi connectivity index (χ4v) is 0.374. The topological polar surface area (TPSA) is 12.0 Å². The van der Waals surface area contributed by atoms with Crippen LogP contribution in [-0.2, 0) is 0 Å².